The van der Waals surface area contributed by atoms with Crippen LogP contribution < -0.4 is 9.96 Å². The van der Waals surface area contributed by atoms with Crippen LogP contribution in [0.2, 0.25) is 0 Å². The highest BCUT2D eigenvalue weighted by Crippen LogP contribution is 2.20. The number of fused-ring (bicyclic) bond motifs is 1. The number of benzene rings is 2. The van der Waals surface area contributed by atoms with E-state index < -0.39 is 11.5 Å². The number of nitrogens with zero attached hydrogens (tertiary/aromatic N) is 2. The lowest BCUT2D eigenvalue weighted by Crippen LogP contribution is -2.37. The van der Waals surface area contributed by atoms with Crippen molar-refractivity contribution in [3.8, 4) is 11.6 Å². The van der Waals surface area contributed by atoms with Gasteiger partial charge in [0.1, 0.15) is 11.3 Å². The number of aromatic hydroxyl groups is 1. The number of pyridine rings is 1. The van der Waals surface area contributed by atoms with Gasteiger partial charge in [-0.1, -0.05) is 48.0 Å². The Morgan fingerprint density at radius 3 is 2.40 bits per heavy atom. The molecule has 0 atom stereocenters. The van der Waals surface area contributed by atoms with Crippen molar-refractivity contribution in [2.24, 2.45) is 0 Å². The summed E-state index contributed by atoms with van der Waals surface area (Å²) < 4.78 is 7.81. The van der Waals surface area contributed by atoms with Crippen LogP contribution in [0.25, 0.3) is 11.3 Å². The Morgan fingerprint density at radius 1 is 1.03 bits per heavy atom. The van der Waals surface area contributed by atoms with Gasteiger partial charge in [-0.05, 0) is 36.8 Å². The van der Waals surface area contributed by atoms with Crippen molar-refractivity contribution < 1.29 is 19.0 Å². The third-order valence-corrected chi connectivity index (χ3v) is 5.06. The number of carbonyl (C=O) groups is 1. The summed E-state index contributed by atoms with van der Waals surface area (Å²) in [6.07, 6.45) is 1.87. The molecule has 0 bridgehead atoms. The summed E-state index contributed by atoms with van der Waals surface area (Å²) in [5.74, 6) is -0.795. The van der Waals surface area contributed by atoms with Crippen molar-refractivity contribution in [3.05, 3.63) is 106 Å². The summed E-state index contributed by atoms with van der Waals surface area (Å²) in [6, 6.07) is 20.1. The largest absolute Gasteiger partial charge is 0.477 e. The summed E-state index contributed by atoms with van der Waals surface area (Å²) in [4.78, 5) is 26.0. The lowest BCUT2D eigenvalue weighted by Gasteiger charge is -2.11. The monoisotopic (exact) mass is 401 g/mol. The molecule has 0 aliphatic carbocycles. The molecule has 0 fully saturated rings. The van der Waals surface area contributed by atoms with Gasteiger partial charge in [0.2, 0.25) is 0 Å². The molecule has 6 nitrogen and oxygen atoms in total. The fourth-order valence-electron chi connectivity index (χ4n) is 3.53. The second kappa shape index (κ2) is 7.83. The van der Waals surface area contributed by atoms with Crippen LogP contribution in [0, 0.1) is 6.92 Å². The molecule has 150 valence electrons. The number of hydrogen-bond acceptors (Lipinski definition) is 4. The molecule has 4 aromatic rings. The Labute approximate surface area is 173 Å². The van der Waals surface area contributed by atoms with Gasteiger partial charge in [0.05, 0.1) is 13.3 Å². The van der Waals surface area contributed by atoms with E-state index in [2.05, 4.69) is 0 Å². The summed E-state index contributed by atoms with van der Waals surface area (Å²) in [5.41, 5.74) is 2.79. The summed E-state index contributed by atoms with van der Waals surface area (Å²) in [5, 5.41) is 11.0. The molecule has 2 aromatic heterocycles. The van der Waals surface area contributed by atoms with Gasteiger partial charge in [0.25, 0.3) is 5.88 Å². The van der Waals surface area contributed by atoms with E-state index in [1.54, 1.807) is 18.3 Å². The molecule has 0 amide bonds. The van der Waals surface area contributed by atoms with E-state index in [1.807, 2.05) is 61.5 Å². The zero-order chi connectivity index (χ0) is 21.3. The van der Waals surface area contributed by atoms with Crippen LogP contribution in [-0.4, -0.2) is 22.8 Å². The first-order chi connectivity index (χ1) is 14.5. The van der Waals surface area contributed by atoms with Crippen LogP contribution in [0.3, 0.4) is 0 Å². The number of ether oxygens (including phenoxy) is 1. The average Bonchev–Trinajstić information content (AvgIpc) is 2.78. The molecule has 2 heterocycles. The molecule has 6 heteroatoms. The number of esters is 1. The quantitative estimate of drug-likeness (QED) is 0.422. The van der Waals surface area contributed by atoms with Crippen molar-refractivity contribution in [3.63, 3.8) is 0 Å². The predicted molar refractivity (Wildman–Crippen MR) is 112 cm³/mol. The van der Waals surface area contributed by atoms with Crippen LogP contribution >= 0.6 is 0 Å². The topological polar surface area (TPSA) is 72.6 Å². The van der Waals surface area contributed by atoms with Gasteiger partial charge in [-0.3, -0.25) is 0 Å². The molecular formula is C24H21N2O4+. The van der Waals surface area contributed by atoms with Crippen molar-refractivity contribution in [1.82, 2.24) is 4.57 Å². The van der Waals surface area contributed by atoms with Crippen molar-refractivity contribution in [1.29, 1.82) is 0 Å². The minimum absolute atomic E-state index is 0.180. The van der Waals surface area contributed by atoms with Gasteiger partial charge in [0, 0.05) is 6.42 Å². The number of carbonyl (C=O) groups excluding carboxylic acids is 1. The zero-order valence-electron chi connectivity index (χ0n) is 16.7. The van der Waals surface area contributed by atoms with E-state index >= 15 is 0 Å². The molecule has 0 aliphatic rings. The molecular weight excluding hydrogens is 380 g/mol. The van der Waals surface area contributed by atoms with Crippen LogP contribution in [0.1, 0.15) is 27.0 Å². The maximum atomic E-state index is 13.6. The van der Waals surface area contributed by atoms with Crippen molar-refractivity contribution in [2.75, 3.05) is 7.11 Å². The highest BCUT2D eigenvalue weighted by Gasteiger charge is 2.29. The standard InChI is InChI=1S/C24H20N2O4/c1-16-10-12-18(13-11-16)26-21-19(24(29)30-2)9-6-14-25(21)22(27)20(23(26)28)15-17-7-4-3-5-8-17/h3-14H,15H2,1-2H3/p+1. The number of methoxy groups -OCH3 is 1. The van der Waals surface area contributed by atoms with Gasteiger partial charge in [-0.25, -0.2) is 9.59 Å². The summed E-state index contributed by atoms with van der Waals surface area (Å²) in [7, 11) is 1.28. The molecule has 0 aliphatic heterocycles. The number of aromatic nitrogens is 2. The lowest BCUT2D eigenvalue weighted by atomic mass is 10.1. The Balaban J connectivity index is 2.10. The number of aryl methyl sites for hydroxylation is 1. The molecule has 2 aromatic carbocycles. The highest BCUT2D eigenvalue weighted by atomic mass is 16.5. The highest BCUT2D eigenvalue weighted by molar-refractivity contribution is 5.95. The average molecular weight is 401 g/mol. The Morgan fingerprint density at radius 2 is 1.73 bits per heavy atom. The molecule has 0 saturated carbocycles. The first-order valence-electron chi connectivity index (χ1n) is 9.51. The van der Waals surface area contributed by atoms with Gasteiger partial charge in [0.15, 0.2) is 5.56 Å². The van der Waals surface area contributed by atoms with Crippen LogP contribution in [0.15, 0.2) is 77.7 Å². The van der Waals surface area contributed by atoms with Gasteiger partial charge >= 0.3 is 17.2 Å². The first kappa shape index (κ1) is 19.4. The van der Waals surface area contributed by atoms with Crippen molar-refractivity contribution in [2.45, 2.75) is 13.3 Å². The minimum Gasteiger partial charge on any atom is -0.477 e. The Kier molecular flexibility index (Phi) is 5.06. The van der Waals surface area contributed by atoms with Crippen molar-refractivity contribution >= 4 is 11.6 Å². The lowest BCUT2D eigenvalue weighted by molar-refractivity contribution is -0.527. The summed E-state index contributed by atoms with van der Waals surface area (Å²) >= 11 is 0. The molecule has 30 heavy (non-hydrogen) atoms. The van der Waals surface area contributed by atoms with Crippen LogP contribution in [-0.2, 0) is 11.2 Å². The third kappa shape index (κ3) is 3.33. The van der Waals surface area contributed by atoms with E-state index in [4.69, 9.17) is 4.74 Å². The third-order valence-electron chi connectivity index (χ3n) is 5.06. The maximum absolute atomic E-state index is 13.6. The van der Waals surface area contributed by atoms with E-state index in [0.29, 0.717) is 5.69 Å². The zero-order valence-corrected chi connectivity index (χ0v) is 16.7. The van der Waals surface area contributed by atoms with Gasteiger partial charge < -0.3 is 9.84 Å². The molecule has 4 rings (SSSR count). The molecule has 0 spiro atoms. The van der Waals surface area contributed by atoms with Gasteiger partial charge in [-0.2, -0.15) is 8.97 Å². The molecule has 0 radical (unpaired) electrons. The normalized spacial score (nSPS) is 10.9. The second-order valence-corrected chi connectivity index (χ2v) is 7.05. The van der Waals surface area contributed by atoms with E-state index in [9.17, 15) is 14.7 Å². The second-order valence-electron chi connectivity index (χ2n) is 7.05. The van der Waals surface area contributed by atoms with Crippen LogP contribution in [0.5, 0.6) is 5.88 Å². The molecule has 0 unspecified atom stereocenters. The predicted octanol–water partition coefficient (Wildman–Crippen LogP) is 2.97. The van der Waals surface area contributed by atoms with Gasteiger partial charge in [-0.15, -0.1) is 0 Å². The number of hydrogen-bond donors (Lipinski definition) is 1. The Hall–Kier alpha value is -3.93. The van der Waals surface area contributed by atoms with E-state index in [-0.39, 0.29) is 29.1 Å². The van der Waals surface area contributed by atoms with E-state index in [1.165, 1.54) is 16.1 Å². The molecule has 1 N–H and O–H groups in total. The van der Waals surface area contributed by atoms with Crippen LogP contribution in [0.4, 0.5) is 0 Å². The SMILES string of the molecule is COC(=O)c1ccc[n+]2c(O)c(Cc3ccccc3)c(=O)n(-c3ccc(C)cc3)c12. The van der Waals surface area contributed by atoms with E-state index in [0.717, 1.165) is 11.1 Å². The first-order valence-corrected chi connectivity index (χ1v) is 9.51. The fraction of sp³-hybridized carbons (Fsp3) is 0.125. The molecule has 0 saturated heterocycles. The maximum Gasteiger partial charge on any atom is 0.350 e. The smallest absolute Gasteiger partial charge is 0.350 e. The minimum atomic E-state index is -0.594. The fourth-order valence-corrected chi connectivity index (χ4v) is 3.53. The number of rotatable bonds is 4. The summed E-state index contributed by atoms with van der Waals surface area (Å²) in [6.45, 7) is 1.96. The Bertz CT molecular complexity index is 1290.